The van der Waals surface area contributed by atoms with Crippen LogP contribution in [0, 0.1) is 0 Å². The molecule has 0 fully saturated rings. The summed E-state index contributed by atoms with van der Waals surface area (Å²) >= 11 is 0. The Hall–Kier alpha value is -1.76. The molecule has 0 amide bonds. The molecule has 0 saturated carbocycles. The molecule has 0 unspecified atom stereocenters. The van der Waals surface area contributed by atoms with Crippen molar-refractivity contribution in [1.82, 2.24) is 4.98 Å². The second kappa shape index (κ2) is 3.92. The van der Waals surface area contributed by atoms with Crippen molar-refractivity contribution in [3.8, 4) is 0 Å². The molecule has 3 rings (SSSR count). The summed E-state index contributed by atoms with van der Waals surface area (Å²) < 4.78 is 0. The molecule has 0 atom stereocenters. The van der Waals surface area contributed by atoms with Crippen molar-refractivity contribution >= 4 is 11.1 Å². The summed E-state index contributed by atoms with van der Waals surface area (Å²) in [6.07, 6.45) is 4.21. The number of hydrogen-bond acceptors (Lipinski definition) is 0. The van der Waals surface area contributed by atoms with Crippen LogP contribution in [0.3, 0.4) is 0 Å². The van der Waals surface area contributed by atoms with Crippen LogP contribution in [0.25, 0.3) is 11.1 Å². The Morgan fingerprint density at radius 2 is 2.00 bits per heavy atom. The monoisotopic (exact) mass is 223 g/mol. The molecule has 1 nitrogen and oxygen atoms in total. The van der Waals surface area contributed by atoms with Gasteiger partial charge in [0.1, 0.15) is 0 Å². The van der Waals surface area contributed by atoms with Gasteiger partial charge in [0.15, 0.2) is 0 Å². The average molecular weight is 223 g/mol. The van der Waals surface area contributed by atoms with Crippen molar-refractivity contribution in [1.29, 1.82) is 0 Å². The molecule has 2 aromatic rings. The third-order valence-electron chi connectivity index (χ3n) is 3.76. The number of benzene rings is 1. The van der Waals surface area contributed by atoms with E-state index in [2.05, 4.69) is 55.4 Å². The zero-order chi connectivity index (χ0) is 11.8. The van der Waals surface area contributed by atoms with Crippen LogP contribution in [0.4, 0.5) is 0 Å². The van der Waals surface area contributed by atoms with E-state index < -0.39 is 0 Å². The van der Waals surface area contributed by atoms with Gasteiger partial charge in [-0.1, -0.05) is 31.2 Å². The molecule has 1 aliphatic rings. The number of nitrogens with one attached hydrogen (secondary N) is 1. The lowest BCUT2D eigenvalue weighted by atomic mass is 10.0. The Balaban J connectivity index is 2.11. The molecule has 17 heavy (non-hydrogen) atoms. The summed E-state index contributed by atoms with van der Waals surface area (Å²) in [6, 6.07) is 10.9. The van der Waals surface area contributed by atoms with Crippen molar-refractivity contribution < 1.29 is 0 Å². The molecule has 0 spiro atoms. The largest absolute Gasteiger partial charge is 0.361 e. The fraction of sp³-hybridized carbons (Fsp3) is 0.250. The fourth-order valence-electron chi connectivity index (χ4n) is 2.78. The Morgan fingerprint density at radius 3 is 2.76 bits per heavy atom. The summed E-state index contributed by atoms with van der Waals surface area (Å²) in [5.41, 5.74) is 8.52. The third kappa shape index (κ3) is 1.54. The van der Waals surface area contributed by atoms with Gasteiger partial charge in [-0.2, -0.15) is 0 Å². The highest BCUT2D eigenvalue weighted by atomic mass is 14.7. The van der Waals surface area contributed by atoms with Gasteiger partial charge in [-0.15, -0.1) is 0 Å². The van der Waals surface area contributed by atoms with E-state index in [-0.39, 0.29) is 0 Å². The van der Waals surface area contributed by atoms with Crippen molar-refractivity contribution in [2.75, 3.05) is 0 Å². The third-order valence-corrected chi connectivity index (χ3v) is 3.76. The van der Waals surface area contributed by atoms with Gasteiger partial charge in [0.25, 0.3) is 0 Å². The summed E-state index contributed by atoms with van der Waals surface area (Å²) in [5.74, 6) is 0. The molecule has 1 aliphatic carbocycles. The van der Waals surface area contributed by atoms with Crippen molar-refractivity contribution in [3.05, 3.63) is 58.9 Å². The molecule has 0 aliphatic heterocycles. The Kier molecular flexibility index (Phi) is 2.40. The molecule has 0 saturated heterocycles. The predicted molar refractivity (Wildman–Crippen MR) is 72.8 cm³/mol. The molecule has 0 bridgehead atoms. The minimum absolute atomic E-state index is 1.06. The van der Waals surface area contributed by atoms with Crippen LogP contribution in [0.1, 0.15) is 36.2 Å². The maximum atomic E-state index is 3.41. The first kappa shape index (κ1) is 10.4. The molecule has 1 heteroatoms. The summed E-state index contributed by atoms with van der Waals surface area (Å²) in [7, 11) is 0. The van der Waals surface area contributed by atoms with E-state index in [1.165, 1.54) is 33.5 Å². The summed E-state index contributed by atoms with van der Waals surface area (Å²) in [4.78, 5) is 3.41. The highest BCUT2D eigenvalue weighted by Crippen LogP contribution is 2.38. The second-order valence-electron chi connectivity index (χ2n) is 4.67. The van der Waals surface area contributed by atoms with Gasteiger partial charge in [0, 0.05) is 18.3 Å². The first-order valence-electron chi connectivity index (χ1n) is 6.26. The highest BCUT2D eigenvalue weighted by Gasteiger charge is 2.20. The maximum Gasteiger partial charge on any atom is 0.0451 e. The van der Waals surface area contributed by atoms with Crippen molar-refractivity contribution in [2.24, 2.45) is 0 Å². The number of allylic oxidation sites excluding steroid dienone is 2. The van der Waals surface area contributed by atoms with Crippen LogP contribution in [-0.4, -0.2) is 4.98 Å². The van der Waals surface area contributed by atoms with Crippen molar-refractivity contribution in [3.63, 3.8) is 0 Å². The van der Waals surface area contributed by atoms with Crippen molar-refractivity contribution in [2.45, 2.75) is 26.7 Å². The second-order valence-corrected chi connectivity index (χ2v) is 4.67. The lowest BCUT2D eigenvalue weighted by molar-refractivity contribution is 1.12. The molecule has 1 heterocycles. The number of rotatable bonds is 2. The van der Waals surface area contributed by atoms with E-state index in [1.54, 1.807) is 0 Å². The van der Waals surface area contributed by atoms with E-state index in [9.17, 15) is 0 Å². The van der Waals surface area contributed by atoms with Gasteiger partial charge in [-0.05, 0) is 47.2 Å². The van der Waals surface area contributed by atoms with Gasteiger partial charge in [-0.25, -0.2) is 0 Å². The quantitative estimate of drug-likeness (QED) is 0.790. The molecular weight excluding hydrogens is 206 g/mol. The van der Waals surface area contributed by atoms with Gasteiger partial charge in [0.2, 0.25) is 0 Å². The molecule has 0 radical (unpaired) electrons. The van der Waals surface area contributed by atoms with Gasteiger partial charge >= 0.3 is 0 Å². The van der Waals surface area contributed by atoms with Crippen LogP contribution in [0.2, 0.25) is 0 Å². The van der Waals surface area contributed by atoms with E-state index in [0.717, 1.165) is 12.8 Å². The first-order valence-corrected chi connectivity index (χ1v) is 6.26. The molecular formula is C16H17N. The van der Waals surface area contributed by atoms with Crippen LogP contribution in [0.15, 0.2) is 36.5 Å². The lowest BCUT2D eigenvalue weighted by Gasteiger charge is -2.05. The predicted octanol–water partition coefficient (Wildman–Crippen LogP) is 4.06. The minimum atomic E-state index is 1.06. The number of hydrogen-bond donors (Lipinski definition) is 1. The number of aryl methyl sites for hydroxylation is 1. The molecule has 1 aromatic heterocycles. The summed E-state index contributed by atoms with van der Waals surface area (Å²) in [5, 5.41) is 0. The van der Waals surface area contributed by atoms with Crippen LogP contribution >= 0.6 is 0 Å². The van der Waals surface area contributed by atoms with Crippen LogP contribution in [-0.2, 0) is 12.8 Å². The number of fused-ring (bicyclic) bond motifs is 1. The Morgan fingerprint density at radius 1 is 1.18 bits per heavy atom. The number of aromatic amines is 1. The Bertz CT molecular complexity index is 587. The molecule has 1 N–H and O–H groups in total. The fourth-order valence-corrected chi connectivity index (χ4v) is 2.78. The average Bonchev–Trinajstić information content (AvgIpc) is 2.94. The van der Waals surface area contributed by atoms with Crippen LogP contribution < -0.4 is 0 Å². The molecule has 1 aromatic carbocycles. The SMILES string of the molecule is CCc1cc[nH]c1C1=C(C)c2ccccc2C1. The normalized spacial score (nSPS) is 14.2. The van der Waals surface area contributed by atoms with Gasteiger partial charge < -0.3 is 4.98 Å². The summed E-state index contributed by atoms with van der Waals surface area (Å²) in [6.45, 7) is 4.45. The van der Waals surface area contributed by atoms with Crippen LogP contribution in [0.5, 0.6) is 0 Å². The van der Waals surface area contributed by atoms with E-state index >= 15 is 0 Å². The smallest absolute Gasteiger partial charge is 0.0451 e. The van der Waals surface area contributed by atoms with E-state index in [1.807, 2.05) is 0 Å². The lowest BCUT2D eigenvalue weighted by Crippen LogP contribution is -1.91. The van der Waals surface area contributed by atoms with Gasteiger partial charge in [-0.3, -0.25) is 0 Å². The number of aromatic nitrogens is 1. The number of H-pyrrole nitrogens is 1. The molecule has 86 valence electrons. The van der Waals surface area contributed by atoms with E-state index in [0.29, 0.717) is 0 Å². The minimum Gasteiger partial charge on any atom is -0.361 e. The highest BCUT2D eigenvalue weighted by molar-refractivity contribution is 5.95. The van der Waals surface area contributed by atoms with E-state index in [4.69, 9.17) is 0 Å². The standard InChI is InChI=1S/C16H17N/c1-3-12-8-9-17-16(12)15-10-13-6-4-5-7-14(13)11(15)2/h4-9,17H,3,10H2,1-2H3. The zero-order valence-corrected chi connectivity index (χ0v) is 10.4. The first-order chi connectivity index (χ1) is 8.31. The Labute approximate surface area is 102 Å². The maximum absolute atomic E-state index is 3.41. The van der Waals surface area contributed by atoms with Gasteiger partial charge in [0.05, 0.1) is 0 Å². The zero-order valence-electron chi connectivity index (χ0n) is 10.4. The topological polar surface area (TPSA) is 15.8 Å².